The standard InChI is InChI=1S/C16H24F3NO/c1-5-8-20-14(6-7-16(2,3)21-4)11-9-12(17)15(19)13(18)10-11/h9-10,14,20H,5-8H2,1-4H3. The largest absolute Gasteiger partial charge is 0.379 e. The molecule has 1 atom stereocenters. The molecule has 0 saturated heterocycles. The van der Waals surface area contributed by atoms with Crippen LogP contribution in [0.3, 0.4) is 0 Å². The number of methoxy groups -OCH3 is 1. The first-order valence-electron chi connectivity index (χ1n) is 7.23. The maximum absolute atomic E-state index is 13.4. The number of ether oxygens (including phenoxy) is 1. The van der Waals surface area contributed by atoms with E-state index in [0.717, 1.165) is 25.1 Å². The van der Waals surface area contributed by atoms with Crippen molar-refractivity contribution >= 4 is 0 Å². The van der Waals surface area contributed by atoms with Crippen molar-refractivity contribution in [3.8, 4) is 0 Å². The molecule has 5 heteroatoms. The van der Waals surface area contributed by atoms with E-state index < -0.39 is 17.5 Å². The van der Waals surface area contributed by atoms with Crippen molar-refractivity contribution in [1.82, 2.24) is 5.32 Å². The molecule has 1 aromatic carbocycles. The number of hydrogen-bond donors (Lipinski definition) is 1. The van der Waals surface area contributed by atoms with Gasteiger partial charge in [-0.25, -0.2) is 13.2 Å². The normalized spacial score (nSPS) is 13.5. The highest BCUT2D eigenvalue weighted by molar-refractivity contribution is 5.22. The summed E-state index contributed by atoms with van der Waals surface area (Å²) in [6.07, 6.45) is 2.26. The lowest BCUT2D eigenvalue weighted by atomic mass is 9.94. The van der Waals surface area contributed by atoms with Gasteiger partial charge in [-0.05, 0) is 57.4 Å². The highest BCUT2D eigenvalue weighted by Gasteiger charge is 2.22. The molecule has 0 aromatic heterocycles. The zero-order chi connectivity index (χ0) is 16.0. The average Bonchev–Trinajstić information content (AvgIpc) is 2.44. The van der Waals surface area contributed by atoms with E-state index in [1.165, 1.54) is 0 Å². The molecule has 120 valence electrons. The third kappa shape index (κ3) is 5.32. The Bertz CT molecular complexity index is 440. The minimum atomic E-state index is -1.43. The Hall–Kier alpha value is -1.07. The van der Waals surface area contributed by atoms with E-state index in [2.05, 4.69) is 5.32 Å². The van der Waals surface area contributed by atoms with Crippen LogP contribution >= 0.6 is 0 Å². The molecule has 1 unspecified atom stereocenters. The first-order chi connectivity index (χ1) is 9.80. The molecule has 0 spiro atoms. The van der Waals surface area contributed by atoms with Gasteiger partial charge in [0.1, 0.15) is 0 Å². The van der Waals surface area contributed by atoms with Gasteiger partial charge in [-0.2, -0.15) is 0 Å². The summed E-state index contributed by atoms with van der Waals surface area (Å²) in [6, 6.07) is 1.89. The molecule has 0 saturated carbocycles. The second kappa shape index (κ2) is 7.80. The monoisotopic (exact) mass is 303 g/mol. The van der Waals surface area contributed by atoms with Crippen molar-refractivity contribution in [3.05, 3.63) is 35.1 Å². The van der Waals surface area contributed by atoms with Gasteiger partial charge in [-0.1, -0.05) is 6.92 Å². The van der Waals surface area contributed by atoms with E-state index in [1.807, 2.05) is 20.8 Å². The van der Waals surface area contributed by atoms with Crippen LogP contribution in [0, 0.1) is 17.5 Å². The van der Waals surface area contributed by atoms with Crippen LogP contribution in [0.15, 0.2) is 12.1 Å². The summed E-state index contributed by atoms with van der Waals surface area (Å²) >= 11 is 0. The van der Waals surface area contributed by atoms with E-state index in [-0.39, 0.29) is 11.6 Å². The molecule has 1 rings (SSSR count). The summed E-state index contributed by atoms with van der Waals surface area (Å²) in [7, 11) is 1.63. The lowest BCUT2D eigenvalue weighted by Gasteiger charge is -2.27. The van der Waals surface area contributed by atoms with Gasteiger partial charge < -0.3 is 10.1 Å². The SMILES string of the molecule is CCCNC(CCC(C)(C)OC)c1cc(F)c(F)c(F)c1. The molecular formula is C16H24F3NO. The Labute approximate surface area is 124 Å². The Kier molecular flexibility index (Phi) is 6.68. The summed E-state index contributed by atoms with van der Waals surface area (Å²) < 4.78 is 45.2. The third-order valence-electron chi connectivity index (χ3n) is 3.64. The van der Waals surface area contributed by atoms with Crippen molar-refractivity contribution in [2.75, 3.05) is 13.7 Å². The molecule has 1 aromatic rings. The van der Waals surface area contributed by atoms with Crippen molar-refractivity contribution < 1.29 is 17.9 Å². The Morgan fingerprint density at radius 2 is 1.76 bits per heavy atom. The van der Waals surface area contributed by atoms with Gasteiger partial charge in [0.15, 0.2) is 17.5 Å². The quantitative estimate of drug-likeness (QED) is 0.721. The molecule has 0 heterocycles. The fraction of sp³-hybridized carbons (Fsp3) is 0.625. The first kappa shape index (κ1) is 18.0. The maximum Gasteiger partial charge on any atom is 0.194 e. The number of rotatable bonds is 8. The van der Waals surface area contributed by atoms with E-state index in [9.17, 15) is 13.2 Å². The van der Waals surface area contributed by atoms with Crippen LogP contribution in [0.5, 0.6) is 0 Å². The van der Waals surface area contributed by atoms with Gasteiger partial charge in [-0.3, -0.25) is 0 Å². The molecule has 21 heavy (non-hydrogen) atoms. The fourth-order valence-electron chi connectivity index (χ4n) is 2.08. The number of benzene rings is 1. The zero-order valence-corrected chi connectivity index (χ0v) is 13.1. The van der Waals surface area contributed by atoms with Crippen LogP contribution in [0.4, 0.5) is 13.2 Å². The number of halogens is 3. The third-order valence-corrected chi connectivity index (χ3v) is 3.64. The summed E-state index contributed by atoms with van der Waals surface area (Å²) in [4.78, 5) is 0. The van der Waals surface area contributed by atoms with E-state index >= 15 is 0 Å². The predicted octanol–water partition coefficient (Wildman–Crippen LogP) is 4.35. The Balaban J connectivity index is 2.91. The highest BCUT2D eigenvalue weighted by Crippen LogP contribution is 2.26. The van der Waals surface area contributed by atoms with Crippen molar-refractivity contribution in [2.45, 2.75) is 51.7 Å². The van der Waals surface area contributed by atoms with Gasteiger partial charge in [0.25, 0.3) is 0 Å². The summed E-state index contributed by atoms with van der Waals surface area (Å²) in [6.45, 7) is 6.64. The minimum Gasteiger partial charge on any atom is -0.379 e. The Morgan fingerprint density at radius 1 is 1.19 bits per heavy atom. The lowest BCUT2D eigenvalue weighted by molar-refractivity contribution is 0.0116. The second-order valence-corrected chi connectivity index (χ2v) is 5.81. The molecule has 0 aliphatic carbocycles. The number of hydrogen-bond acceptors (Lipinski definition) is 2. The molecule has 0 aliphatic rings. The molecule has 0 aliphatic heterocycles. The molecule has 0 bridgehead atoms. The molecule has 2 nitrogen and oxygen atoms in total. The molecule has 1 N–H and O–H groups in total. The first-order valence-corrected chi connectivity index (χ1v) is 7.23. The van der Waals surface area contributed by atoms with E-state index in [0.29, 0.717) is 18.4 Å². The van der Waals surface area contributed by atoms with Gasteiger partial charge in [-0.15, -0.1) is 0 Å². The van der Waals surface area contributed by atoms with Crippen LogP contribution in [-0.4, -0.2) is 19.3 Å². The highest BCUT2D eigenvalue weighted by atomic mass is 19.2. The van der Waals surface area contributed by atoms with Crippen LogP contribution < -0.4 is 5.32 Å². The van der Waals surface area contributed by atoms with E-state index in [4.69, 9.17) is 4.74 Å². The summed E-state index contributed by atoms with van der Waals surface area (Å²) in [5.41, 5.74) is 0.107. The van der Waals surface area contributed by atoms with Crippen LogP contribution in [0.25, 0.3) is 0 Å². The van der Waals surface area contributed by atoms with Crippen molar-refractivity contribution in [2.24, 2.45) is 0 Å². The predicted molar refractivity (Wildman–Crippen MR) is 77.7 cm³/mol. The fourth-order valence-corrected chi connectivity index (χ4v) is 2.08. The van der Waals surface area contributed by atoms with Gasteiger partial charge in [0.05, 0.1) is 5.60 Å². The maximum atomic E-state index is 13.4. The van der Waals surface area contributed by atoms with Gasteiger partial charge in [0, 0.05) is 13.2 Å². The molecular weight excluding hydrogens is 279 g/mol. The van der Waals surface area contributed by atoms with Crippen molar-refractivity contribution in [3.63, 3.8) is 0 Å². The summed E-state index contributed by atoms with van der Waals surface area (Å²) in [5.74, 6) is -3.73. The Morgan fingerprint density at radius 3 is 2.24 bits per heavy atom. The molecule has 0 radical (unpaired) electrons. The topological polar surface area (TPSA) is 21.3 Å². The number of nitrogens with one attached hydrogen (secondary N) is 1. The van der Waals surface area contributed by atoms with Crippen LogP contribution in [0.1, 0.15) is 51.6 Å². The van der Waals surface area contributed by atoms with Crippen LogP contribution in [-0.2, 0) is 4.74 Å². The lowest BCUT2D eigenvalue weighted by Crippen LogP contribution is -2.28. The minimum absolute atomic E-state index is 0.232. The molecule has 0 fully saturated rings. The smallest absolute Gasteiger partial charge is 0.194 e. The average molecular weight is 303 g/mol. The second-order valence-electron chi connectivity index (χ2n) is 5.81. The van der Waals surface area contributed by atoms with Gasteiger partial charge in [0.2, 0.25) is 0 Å². The van der Waals surface area contributed by atoms with Crippen LogP contribution in [0.2, 0.25) is 0 Å². The van der Waals surface area contributed by atoms with Gasteiger partial charge >= 0.3 is 0 Å². The molecule has 0 amide bonds. The van der Waals surface area contributed by atoms with E-state index in [1.54, 1.807) is 7.11 Å². The summed E-state index contributed by atoms with van der Waals surface area (Å²) in [5, 5.41) is 3.24. The zero-order valence-electron chi connectivity index (χ0n) is 13.1. The van der Waals surface area contributed by atoms with Crippen molar-refractivity contribution in [1.29, 1.82) is 0 Å².